The quantitative estimate of drug-likeness (QED) is 0.354. The number of fused-ring (bicyclic) bond motifs is 1. The summed E-state index contributed by atoms with van der Waals surface area (Å²) in [5, 5.41) is 4.04. The lowest BCUT2D eigenvalue weighted by atomic mass is 10.1. The second kappa shape index (κ2) is 9.13. The second-order valence-corrected chi connectivity index (χ2v) is 6.88. The molecule has 0 atom stereocenters. The van der Waals surface area contributed by atoms with Gasteiger partial charge >= 0.3 is 0 Å². The minimum atomic E-state index is -0.306. The lowest BCUT2D eigenvalue weighted by Gasteiger charge is -2.03. The Kier molecular flexibility index (Phi) is 5.93. The molecule has 1 heterocycles. The summed E-state index contributed by atoms with van der Waals surface area (Å²) >= 11 is 0. The number of rotatable bonds is 7. The van der Waals surface area contributed by atoms with Gasteiger partial charge in [-0.25, -0.2) is 10.4 Å². The van der Waals surface area contributed by atoms with Crippen molar-refractivity contribution >= 4 is 23.2 Å². The number of carbonyl (C=O) groups excluding carboxylic acids is 1. The van der Waals surface area contributed by atoms with E-state index in [4.69, 9.17) is 9.47 Å². The maximum atomic E-state index is 12.5. The molecule has 3 aromatic carbocycles. The number of hydrogen-bond donors (Lipinski definition) is 2. The Morgan fingerprint density at radius 2 is 1.87 bits per heavy atom. The third kappa shape index (κ3) is 4.72. The van der Waals surface area contributed by atoms with E-state index in [0.717, 1.165) is 33.7 Å². The Balaban J connectivity index is 1.45. The molecule has 0 aliphatic rings. The summed E-state index contributed by atoms with van der Waals surface area (Å²) in [5.41, 5.74) is 6.53. The molecule has 7 nitrogen and oxygen atoms in total. The molecular weight excluding hydrogens is 392 g/mol. The smallest absolute Gasteiger partial charge is 0.271 e. The molecule has 1 aromatic heterocycles. The maximum absolute atomic E-state index is 12.5. The van der Waals surface area contributed by atoms with Crippen molar-refractivity contribution in [1.29, 1.82) is 0 Å². The molecule has 0 fully saturated rings. The maximum Gasteiger partial charge on any atom is 0.271 e. The zero-order valence-corrected chi connectivity index (χ0v) is 17.3. The van der Waals surface area contributed by atoms with Crippen LogP contribution in [-0.4, -0.2) is 36.3 Å². The van der Waals surface area contributed by atoms with Gasteiger partial charge in [0.15, 0.2) is 0 Å². The minimum absolute atomic E-state index is 0.306. The number of benzene rings is 3. The van der Waals surface area contributed by atoms with Crippen LogP contribution in [0, 0.1) is 0 Å². The highest BCUT2D eigenvalue weighted by Gasteiger charge is 2.09. The van der Waals surface area contributed by atoms with Crippen LogP contribution in [0.4, 0.5) is 0 Å². The largest absolute Gasteiger partial charge is 0.497 e. The molecule has 31 heavy (non-hydrogen) atoms. The summed E-state index contributed by atoms with van der Waals surface area (Å²) in [6.07, 6.45) is 2.21. The molecule has 0 spiro atoms. The van der Waals surface area contributed by atoms with Gasteiger partial charge < -0.3 is 14.5 Å². The van der Waals surface area contributed by atoms with Crippen molar-refractivity contribution in [3.05, 3.63) is 89.2 Å². The first-order valence-electron chi connectivity index (χ1n) is 9.74. The van der Waals surface area contributed by atoms with E-state index >= 15 is 0 Å². The molecule has 0 bridgehead atoms. The molecule has 0 radical (unpaired) electrons. The van der Waals surface area contributed by atoms with E-state index in [1.165, 1.54) is 0 Å². The predicted molar refractivity (Wildman–Crippen MR) is 120 cm³/mol. The molecule has 0 unspecified atom stereocenters. The van der Waals surface area contributed by atoms with Crippen molar-refractivity contribution in [3.8, 4) is 11.5 Å². The van der Waals surface area contributed by atoms with E-state index in [1.807, 2.05) is 54.6 Å². The van der Waals surface area contributed by atoms with Crippen LogP contribution in [0.25, 0.3) is 11.0 Å². The number of amides is 1. The number of aromatic amines is 1. The van der Waals surface area contributed by atoms with Gasteiger partial charge in [0.25, 0.3) is 5.91 Å². The Hall–Kier alpha value is -4.13. The van der Waals surface area contributed by atoms with E-state index in [9.17, 15) is 4.79 Å². The van der Waals surface area contributed by atoms with Crippen molar-refractivity contribution in [2.45, 2.75) is 6.42 Å². The average molecular weight is 414 g/mol. The fraction of sp³-hybridized carbons (Fsp3) is 0.125. The van der Waals surface area contributed by atoms with Crippen LogP contribution < -0.4 is 14.9 Å². The first-order chi connectivity index (χ1) is 15.2. The van der Waals surface area contributed by atoms with Gasteiger partial charge in [0.05, 0.1) is 31.5 Å². The van der Waals surface area contributed by atoms with Gasteiger partial charge in [-0.2, -0.15) is 5.10 Å². The third-order valence-electron chi connectivity index (χ3n) is 4.83. The number of nitrogens with one attached hydrogen (secondary N) is 2. The van der Waals surface area contributed by atoms with Gasteiger partial charge in [-0.05, 0) is 48.0 Å². The Labute approximate surface area is 179 Å². The summed E-state index contributed by atoms with van der Waals surface area (Å²) in [6.45, 7) is 0. The van der Waals surface area contributed by atoms with Crippen molar-refractivity contribution in [2.75, 3.05) is 14.2 Å². The Morgan fingerprint density at radius 1 is 1.06 bits per heavy atom. The molecule has 4 aromatic rings. The number of H-pyrrole nitrogens is 1. The van der Waals surface area contributed by atoms with Crippen molar-refractivity contribution in [1.82, 2.24) is 15.4 Å². The van der Waals surface area contributed by atoms with Crippen LogP contribution in [0.1, 0.15) is 27.3 Å². The normalized spacial score (nSPS) is 11.0. The lowest BCUT2D eigenvalue weighted by molar-refractivity contribution is 0.0955. The average Bonchev–Trinajstić information content (AvgIpc) is 3.21. The van der Waals surface area contributed by atoms with Gasteiger partial charge in [0, 0.05) is 17.5 Å². The summed E-state index contributed by atoms with van der Waals surface area (Å²) in [5.74, 6) is 2.02. The molecular formula is C24H22N4O3. The number of carbonyl (C=O) groups is 1. The van der Waals surface area contributed by atoms with E-state index < -0.39 is 0 Å². The summed E-state index contributed by atoms with van der Waals surface area (Å²) in [7, 11) is 3.24. The van der Waals surface area contributed by atoms with Crippen LogP contribution in [0.2, 0.25) is 0 Å². The van der Waals surface area contributed by atoms with Crippen LogP contribution in [-0.2, 0) is 6.42 Å². The van der Waals surface area contributed by atoms with Gasteiger partial charge in [-0.1, -0.05) is 24.3 Å². The van der Waals surface area contributed by atoms with E-state index in [2.05, 4.69) is 20.5 Å². The first kappa shape index (κ1) is 20.2. The molecule has 7 heteroatoms. The van der Waals surface area contributed by atoms with Crippen molar-refractivity contribution in [3.63, 3.8) is 0 Å². The van der Waals surface area contributed by atoms with Crippen LogP contribution in [0.15, 0.2) is 71.8 Å². The summed E-state index contributed by atoms with van der Waals surface area (Å²) in [4.78, 5) is 20.4. The summed E-state index contributed by atoms with van der Waals surface area (Å²) in [6, 6.07) is 20.6. The number of aromatic nitrogens is 2. The molecule has 0 aliphatic heterocycles. The highest BCUT2D eigenvalue weighted by Crippen LogP contribution is 2.18. The minimum Gasteiger partial charge on any atom is -0.497 e. The standard InChI is InChI=1S/C24H22N4O3/c1-30-19-10-7-16(8-11-19)13-23-26-20-12-9-17(14-21(20)27-23)24(29)28-25-15-18-5-3-4-6-22(18)31-2/h3-12,14-15H,13H2,1-2H3,(H,26,27)(H,28,29)/b25-15-. The van der Waals surface area contributed by atoms with Crippen LogP contribution in [0.5, 0.6) is 11.5 Å². The number of nitrogens with zero attached hydrogens (tertiary/aromatic N) is 2. The number of ether oxygens (including phenoxy) is 2. The SMILES string of the molecule is COc1ccc(Cc2nc3ccc(C(=O)N/N=C\c4ccccc4OC)cc3[nH]2)cc1. The highest BCUT2D eigenvalue weighted by atomic mass is 16.5. The van der Waals surface area contributed by atoms with Gasteiger partial charge in [-0.3, -0.25) is 4.79 Å². The van der Waals surface area contributed by atoms with Gasteiger partial charge in [-0.15, -0.1) is 0 Å². The van der Waals surface area contributed by atoms with E-state index in [1.54, 1.807) is 32.6 Å². The second-order valence-electron chi connectivity index (χ2n) is 6.88. The molecule has 0 saturated heterocycles. The molecule has 2 N–H and O–H groups in total. The zero-order chi connectivity index (χ0) is 21.6. The Bertz CT molecular complexity index is 1230. The van der Waals surface area contributed by atoms with Crippen LogP contribution in [0.3, 0.4) is 0 Å². The molecule has 4 rings (SSSR count). The van der Waals surface area contributed by atoms with Crippen molar-refractivity contribution < 1.29 is 14.3 Å². The third-order valence-corrected chi connectivity index (χ3v) is 4.83. The van der Waals surface area contributed by atoms with E-state index in [-0.39, 0.29) is 5.91 Å². The number of para-hydroxylation sites is 1. The van der Waals surface area contributed by atoms with Gasteiger partial charge in [0.2, 0.25) is 0 Å². The predicted octanol–water partition coefficient (Wildman–Crippen LogP) is 3.93. The highest BCUT2D eigenvalue weighted by molar-refractivity contribution is 5.98. The first-order valence-corrected chi connectivity index (χ1v) is 9.74. The van der Waals surface area contributed by atoms with E-state index in [0.29, 0.717) is 17.7 Å². The fourth-order valence-corrected chi connectivity index (χ4v) is 3.22. The molecule has 0 aliphatic carbocycles. The number of hydrogen-bond acceptors (Lipinski definition) is 5. The number of methoxy groups -OCH3 is 2. The zero-order valence-electron chi connectivity index (χ0n) is 17.3. The summed E-state index contributed by atoms with van der Waals surface area (Å²) < 4.78 is 10.5. The van der Waals surface area contributed by atoms with Crippen LogP contribution >= 0.6 is 0 Å². The number of imidazole rings is 1. The molecule has 156 valence electrons. The van der Waals surface area contributed by atoms with Crippen molar-refractivity contribution in [2.24, 2.45) is 5.10 Å². The fourth-order valence-electron chi connectivity index (χ4n) is 3.22. The molecule has 0 saturated carbocycles. The van der Waals surface area contributed by atoms with Gasteiger partial charge in [0.1, 0.15) is 17.3 Å². The Morgan fingerprint density at radius 3 is 2.65 bits per heavy atom. The topological polar surface area (TPSA) is 88.6 Å². The number of hydrazone groups is 1. The molecule has 1 amide bonds. The lowest BCUT2D eigenvalue weighted by Crippen LogP contribution is -2.17. The monoisotopic (exact) mass is 414 g/mol.